The smallest absolute Gasteiger partial charge is 0.203 e. The maximum absolute atomic E-state index is 8.48. The molecule has 0 unspecified atom stereocenters. The quantitative estimate of drug-likeness (QED) is 0.878. The Hall–Kier alpha value is -1.05. The molecule has 0 aliphatic carbocycles. The summed E-state index contributed by atoms with van der Waals surface area (Å²) in [4.78, 5) is 0. The summed E-state index contributed by atoms with van der Waals surface area (Å²) in [5.74, 6) is 1.10. The van der Waals surface area contributed by atoms with E-state index < -0.39 is 0 Å². The minimum atomic E-state index is 0.342. The van der Waals surface area contributed by atoms with Gasteiger partial charge in [-0.1, -0.05) is 22.5 Å². The third-order valence-electron chi connectivity index (χ3n) is 1.39. The molecule has 0 aliphatic rings. The molecule has 1 rings (SSSR count). The number of nitrogens with one attached hydrogen (secondary N) is 1. The van der Waals surface area contributed by atoms with E-state index in [2.05, 4.69) is 27.8 Å². The number of halogens is 1. The van der Waals surface area contributed by atoms with Crippen LogP contribution in [0.25, 0.3) is 0 Å². The largest absolute Gasteiger partial charge is 0.449 e. The Morgan fingerprint density at radius 2 is 2.46 bits per heavy atom. The van der Waals surface area contributed by atoms with Crippen molar-refractivity contribution in [2.75, 3.05) is 6.54 Å². The van der Waals surface area contributed by atoms with Crippen LogP contribution in [0.15, 0.2) is 27.6 Å². The second-order valence-corrected chi connectivity index (χ2v) is 3.62. The lowest BCUT2D eigenvalue weighted by Crippen LogP contribution is -2.13. The van der Waals surface area contributed by atoms with E-state index in [-0.39, 0.29) is 0 Å². The second-order valence-electron chi connectivity index (χ2n) is 2.50. The zero-order chi connectivity index (χ0) is 9.68. The average Bonchev–Trinajstić information content (AvgIpc) is 2.52. The fourth-order valence-electron chi connectivity index (χ4n) is 0.854. The molecule has 1 aromatic rings. The summed E-state index contributed by atoms with van der Waals surface area (Å²) in [5.41, 5.74) is 0. The first-order valence-corrected chi connectivity index (χ1v) is 4.54. The lowest BCUT2D eigenvalue weighted by molar-refractivity contribution is 0.480. The number of hydrogen-bond acceptors (Lipinski definition) is 3. The van der Waals surface area contributed by atoms with E-state index in [4.69, 9.17) is 9.68 Å². The molecule has 0 saturated carbocycles. The summed E-state index contributed by atoms with van der Waals surface area (Å²) in [6, 6.07) is 5.36. The van der Waals surface area contributed by atoms with E-state index >= 15 is 0 Å². The number of nitrogens with zero attached hydrogens (tertiary/aromatic N) is 1. The molecule has 3 nitrogen and oxygen atoms in total. The predicted octanol–water partition coefficient (Wildman–Crippen LogP) is 2.15. The molecule has 0 aliphatic heterocycles. The highest BCUT2D eigenvalue weighted by molar-refractivity contribution is 9.11. The van der Waals surface area contributed by atoms with Crippen molar-refractivity contribution in [3.8, 4) is 6.07 Å². The zero-order valence-electron chi connectivity index (χ0n) is 7.01. The van der Waals surface area contributed by atoms with Gasteiger partial charge in [0, 0.05) is 11.0 Å². The van der Waals surface area contributed by atoms with E-state index in [9.17, 15) is 0 Å². The second kappa shape index (κ2) is 4.85. The molecule has 1 N–H and O–H groups in total. The molecule has 0 fully saturated rings. The van der Waals surface area contributed by atoms with Gasteiger partial charge >= 0.3 is 0 Å². The molecule has 0 saturated heterocycles. The minimum absolute atomic E-state index is 0.342. The van der Waals surface area contributed by atoms with E-state index in [0.717, 1.165) is 10.2 Å². The van der Waals surface area contributed by atoms with Crippen molar-refractivity contribution in [1.29, 1.82) is 5.26 Å². The van der Waals surface area contributed by atoms with Gasteiger partial charge < -0.3 is 9.73 Å². The van der Waals surface area contributed by atoms with Gasteiger partial charge in [0.1, 0.15) is 11.8 Å². The lowest BCUT2D eigenvalue weighted by atomic mass is 10.4. The Bertz CT molecular complexity index is 338. The molecule has 0 atom stereocenters. The van der Waals surface area contributed by atoms with E-state index in [0.29, 0.717) is 18.8 Å². The van der Waals surface area contributed by atoms with Crippen LogP contribution in [0, 0.1) is 11.3 Å². The van der Waals surface area contributed by atoms with Gasteiger partial charge in [-0.15, -0.1) is 0 Å². The van der Waals surface area contributed by atoms with Crippen LogP contribution in [0.5, 0.6) is 0 Å². The average molecular weight is 241 g/mol. The monoisotopic (exact) mass is 240 g/mol. The zero-order valence-corrected chi connectivity index (χ0v) is 8.60. The van der Waals surface area contributed by atoms with Crippen molar-refractivity contribution in [3.63, 3.8) is 0 Å². The van der Waals surface area contributed by atoms with Gasteiger partial charge in [0.25, 0.3) is 0 Å². The van der Waals surface area contributed by atoms with Gasteiger partial charge in [-0.05, 0) is 12.1 Å². The van der Waals surface area contributed by atoms with E-state index in [1.54, 1.807) is 12.1 Å². The Balaban J connectivity index is 2.38. The predicted molar refractivity (Wildman–Crippen MR) is 53.2 cm³/mol. The molecule has 0 bridgehead atoms. The summed E-state index contributed by atoms with van der Waals surface area (Å²) >= 11 is 3.23. The maximum atomic E-state index is 8.48. The van der Waals surface area contributed by atoms with Gasteiger partial charge in [-0.25, -0.2) is 0 Å². The standard InChI is InChI=1S/C9H9BrN2O/c1-7(10)5-12-6-9-3-2-8(4-11)13-9/h2-3,12H,1,5-6H2. The first-order valence-electron chi connectivity index (χ1n) is 3.75. The van der Waals surface area contributed by atoms with Gasteiger partial charge in [0.2, 0.25) is 5.76 Å². The summed E-state index contributed by atoms with van der Waals surface area (Å²) in [5, 5.41) is 11.6. The fourth-order valence-corrected chi connectivity index (χ4v) is 1.05. The van der Waals surface area contributed by atoms with Crippen LogP contribution in [0.3, 0.4) is 0 Å². The van der Waals surface area contributed by atoms with Crippen molar-refractivity contribution in [2.24, 2.45) is 0 Å². The Morgan fingerprint density at radius 1 is 1.69 bits per heavy atom. The fraction of sp³-hybridized carbons (Fsp3) is 0.222. The molecule has 13 heavy (non-hydrogen) atoms. The third kappa shape index (κ3) is 3.45. The van der Waals surface area contributed by atoms with Gasteiger partial charge in [-0.3, -0.25) is 0 Å². The van der Waals surface area contributed by atoms with Crippen molar-refractivity contribution < 1.29 is 4.42 Å². The van der Waals surface area contributed by atoms with Gasteiger partial charge in [-0.2, -0.15) is 5.26 Å². The van der Waals surface area contributed by atoms with Crippen molar-refractivity contribution >= 4 is 15.9 Å². The van der Waals surface area contributed by atoms with Gasteiger partial charge in [0.15, 0.2) is 0 Å². The van der Waals surface area contributed by atoms with Crippen LogP contribution in [0.4, 0.5) is 0 Å². The first kappa shape index (κ1) is 10.0. The normalized spacial score (nSPS) is 9.54. The Morgan fingerprint density at radius 3 is 3.00 bits per heavy atom. The number of nitriles is 1. The molecule has 68 valence electrons. The molecule has 1 heterocycles. The Kier molecular flexibility index (Phi) is 3.74. The highest BCUT2D eigenvalue weighted by Crippen LogP contribution is 2.06. The summed E-state index contributed by atoms with van der Waals surface area (Å²) in [6.45, 7) is 4.97. The van der Waals surface area contributed by atoms with Crippen LogP contribution in [-0.2, 0) is 6.54 Å². The maximum Gasteiger partial charge on any atom is 0.203 e. The molecule has 4 heteroatoms. The van der Waals surface area contributed by atoms with Crippen molar-refractivity contribution in [1.82, 2.24) is 5.32 Å². The van der Waals surface area contributed by atoms with Crippen LogP contribution in [0.2, 0.25) is 0 Å². The summed E-state index contributed by atoms with van der Waals surface area (Å²) in [6.07, 6.45) is 0. The van der Waals surface area contributed by atoms with Crippen molar-refractivity contribution in [2.45, 2.75) is 6.54 Å². The molecular formula is C9H9BrN2O. The molecule has 1 aromatic heterocycles. The summed E-state index contributed by atoms with van der Waals surface area (Å²) < 4.78 is 6.03. The van der Waals surface area contributed by atoms with Crippen LogP contribution in [0.1, 0.15) is 11.5 Å². The van der Waals surface area contributed by atoms with E-state index in [1.165, 1.54) is 0 Å². The van der Waals surface area contributed by atoms with E-state index in [1.807, 2.05) is 6.07 Å². The number of rotatable bonds is 4. The molecule has 0 spiro atoms. The minimum Gasteiger partial charge on any atom is -0.449 e. The van der Waals surface area contributed by atoms with Crippen LogP contribution >= 0.6 is 15.9 Å². The SMILES string of the molecule is C=C(Br)CNCc1ccc(C#N)o1. The van der Waals surface area contributed by atoms with Crippen LogP contribution in [-0.4, -0.2) is 6.54 Å². The molecular weight excluding hydrogens is 232 g/mol. The highest BCUT2D eigenvalue weighted by Gasteiger charge is 1.99. The topological polar surface area (TPSA) is 49.0 Å². The number of hydrogen-bond donors (Lipinski definition) is 1. The third-order valence-corrected chi connectivity index (χ3v) is 1.67. The molecule has 0 radical (unpaired) electrons. The molecule has 0 amide bonds. The lowest BCUT2D eigenvalue weighted by Gasteiger charge is -1.99. The Labute approximate surface area is 85.2 Å². The van der Waals surface area contributed by atoms with Crippen LogP contribution < -0.4 is 5.32 Å². The van der Waals surface area contributed by atoms with Crippen molar-refractivity contribution in [3.05, 3.63) is 34.7 Å². The number of furan rings is 1. The van der Waals surface area contributed by atoms with Gasteiger partial charge in [0.05, 0.1) is 6.54 Å². The summed E-state index contributed by atoms with van der Waals surface area (Å²) in [7, 11) is 0. The first-order chi connectivity index (χ1) is 6.22. The highest BCUT2D eigenvalue weighted by atomic mass is 79.9. The molecule has 0 aromatic carbocycles.